The highest BCUT2D eigenvalue weighted by molar-refractivity contribution is 5.83. The van der Waals surface area contributed by atoms with Crippen molar-refractivity contribution in [3.63, 3.8) is 0 Å². The van der Waals surface area contributed by atoms with Crippen LogP contribution in [0.5, 0.6) is 0 Å². The molecule has 1 aromatic carbocycles. The van der Waals surface area contributed by atoms with Gasteiger partial charge in [0.05, 0.1) is 23.3 Å². The SMILES string of the molecule is CC(C)(O)c1noc(-c2ncn3c2c(=O)n(Cc2ccccn2)c2ccccc23)n1. The molecule has 0 saturated heterocycles. The molecule has 0 fully saturated rings. The summed E-state index contributed by atoms with van der Waals surface area (Å²) in [6.07, 6.45) is 3.26. The highest BCUT2D eigenvalue weighted by Crippen LogP contribution is 2.25. The summed E-state index contributed by atoms with van der Waals surface area (Å²) in [4.78, 5) is 26.5. The molecule has 5 rings (SSSR count). The van der Waals surface area contributed by atoms with E-state index in [1.807, 2.05) is 42.5 Å². The van der Waals surface area contributed by atoms with Crippen LogP contribution in [0.2, 0.25) is 0 Å². The van der Waals surface area contributed by atoms with Crippen LogP contribution in [0.15, 0.2) is 64.3 Å². The molecule has 4 heterocycles. The number of hydrogen-bond donors (Lipinski definition) is 1. The van der Waals surface area contributed by atoms with Gasteiger partial charge in [-0.05, 0) is 38.1 Å². The van der Waals surface area contributed by atoms with Gasteiger partial charge in [-0.15, -0.1) is 0 Å². The Morgan fingerprint density at radius 3 is 2.53 bits per heavy atom. The van der Waals surface area contributed by atoms with Crippen LogP contribution in [-0.4, -0.2) is 34.2 Å². The van der Waals surface area contributed by atoms with E-state index in [0.29, 0.717) is 12.1 Å². The fourth-order valence-electron chi connectivity index (χ4n) is 3.40. The fourth-order valence-corrected chi connectivity index (χ4v) is 3.40. The van der Waals surface area contributed by atoms with Gasteiger partial charge in [-0.25, -0.2) is 4.98 Å². The average Bonchev–Trinajstić information content (AvgIpc) is 3.39. The monoisotopic (exact) mass is 402 g/mol. The summed E-state index contributed by atoms with van der Waals surface area (Å²) in [6, 6.07) is 13.2. The predicted octanol–water partition coefficient (Wildman–Crippen LogP) is 2.37. The van der Waals surface area contributed by atoms with Gasteiger partial charge in [0.2, 0.25) is 5.82 Å². The Bertz CT molecular complexity index is 1430. The molecule has 30 heavy (non-hydrogen) atoms. The molecule has 4 aromatic heterocycles. The number of pyridine rings is 1. The molecule has 0 aliphatic carbocycles. The van der Waals surface area contributed by atoms with Crippen molar-refractivity contribution in [3.8, 4) is 11.6 Å². The Kier molecular flexibility index (Phi) is 4.00. The van der Waals surface area contributed by atoms with Gasteiger partial charge in [-0.2, -0.15) is 4.98 Å². The van der Waals surface area contributed by atoms with E-state index < -0.39 is 5.60 Å². The van der Waals surface area contributed by atoms with Crippen molar-refractivity contribution >= 4 is 16.6 Å². The largest absolute Gasteiger partial charge is 0.382 e. The van der Waals surface area contributed by atoms with Gasteiger partial charge in [-0.3, -0.25) is 18.7 Å². The normalized spacial score (nSPS) is 12.1. The zero-order chi connectivity index (χ0) is 20.9. The van der Waals surface area contributed by atoms with Crippen molar-refractivity contribution in [2.75, 3.05) is 0 Å². The molecule has 0 bridgehead atoms. The van der Waals surface area contributed by atoms with E-state index in [9.17, 15) is 9.90 Å². The maximum atomic E-state index is 13.5. The first-order chi connectivity index (χ1) is 14.4. The molecule has 9 heteroatoms. The highest BCUT2D eigenvalue weighted by atomic mass is 16.5. The zero-order valence-corrected chi connectivity index (χ0v) is 16.4. The summed E-state index contributed by atoms with van der Waals surface area (Å²) < 4.78 is 8.69. The topological polar surface area (TPSA) is 111 Å². The number of imidazole rings is 1. The fraction of sp³-hybridized carbons (Fsp3) is 0.190. The van der Waals surface area contributed by atoms with Crippen molar-refractivity contribution in [2.45, 2.75) is 26.0 Å². The number of aliphatic hydroxyl groups is 1. The van der Waals surface area contributed by atoms with E-state index in [1.165, 1.54) is 0 Å². The van der Waals surface area contributed by atoms with Crippen LogP contribution in [0.3, 0.4) is 0 Å². The number of benzene rings is 1. The summed E-state index contributed by atoms with van der Waals surface area (Å²) in [6.45, 7) is 3.42. The van der Waals surface area contributed by atoms with Gasteiger partial charge in [0.15, 0.2) is 5.69 Å². The number of para-hydroxylation sites is 2. The van der Waals surface area contributed by atoms with Crippen molar-refractivity contribution in [3.05, 3.63) is 76.9 Å². The summed E-state index contributed by atoms with van der Waals surface area (Å²) in [7, 11) is 0. The second-order valence-corrected chi connectivity index (χ2v) is 7.50. The summed E-state index contributed by atoms with van der Waals surface area (Å²) in [5.41, 5.74) is 1.38. The maximum Gasteiger partial charge on any atom is 0.279 e. The minimum absolute atomic E-state index is 0.0754. The average molecular weight is 402 g/mol. The van der Waals surface area contributed by atoms with Crippen LogP contribution in [0.1, 0.15) is 25.4 Å². The molecule has 0 aliphatic rings. The van der Waals surface area contributed by atoms with E-state index >= 15 is 0 Å². The van der Waals surface area contributed by atoms with E-state index in [2.05, 4.69) is 20.1 Å². The van der Waals surface area contributed by atoms with Crippen molar-refractivity contribution in [2.24, 2.45) is 0 Å². The zero-order valence-electron chi connectivity index (χ0n) is 16.4. The van der Waals surface area contributed by atoms with Gasteiger partial charge in [0.25, 0.3) is 11.4 Å². The third-order valence-corrected chi connectivity index (χ3v) is 4.87. The van der Waals surface area contributed by atoms with E-state index in [0.717, 1.165) is 16.7 Å². The van der Waals surface area contributed by atoms with Gasteiger partial charge >= 0.3 is 0 Å². The molecular formula is C21H18N6O3. The lowest BCUT2D eigenvalue weighted by molar-refractivity contribution is 0.0661. The number of aromatic nitrogens is 6. The Labute approximate surface area is 170 Å². The smallest absolute Gasteiger partial charge is 0.279 e. The van der Waals surface area contributed by atoms with E-state index in [1.54, 1.807) is 35.3 Å². The molecule has 0 aliphatic heterocycles. The van der Waals surface area contributed by atoms with Crippen molar-refractivity contribution in [1.82, 2.24) is 29.1 Å². The Balaban J connectivity index is 1.78. The maximum absolute atomic E-state index is 13.5. The minimum atomic E-state index is -1.27. The molecule has 0 saturated carbocycles. The summed E-state index contributed by atoms with van der Waals surface area (Å²) in [5, 5.41) is 14.0. The minimum Gasteiger partial charge on any atom is -0.382 e. The number of hydrogen-bond acceptors (Lipinski definition) is 7. The lowest BCUT2D eigenvalue weighted by Gasteiger charge is -2.12. The third-order valence-electron chi connectivity index (χ3n) is 4.87. The van der Waals surface area contributed by atoms with Gasteiger partial charge in [-0.1, -0.05) is 23.4 Å². The number of rotatable bonds is 4. The number of fused-ring (bicyclic) bond motifs is 3. The quantitative estimate of drug-likeness (QED) is 0.491. The summed E-state index contributed by atoms with van der Waals surface area (Å²) in [5.74, 6) is 0.194. The first-order valence-corrected chi connectivity index (χ1v) is 9.39. The lowest BCUT2D eigenvalue weighted by atomic mass is 10.1. The van der Waals surface area contributed by atoms with Crippen LogP contribution in [0.4, 0.5) is 0 Å². The predicted molar refractivity (Wildman–Crippen MR) is 109 cm³/mol. The Hall–Kier alpha value is -3.85. The van der Waals surface area contributed by atoms with Crippen molar-refractivity contribution in [1.29, 1.82) is 0 Å². The van der Waals surface area contributed by atoms with Gasteiger partial charge < -0.3 is 9.63 Å². The molecule has 9 nitrogen and oxygen atoms in total. The van der Waals surface area contributed by atoms with Crippen LogP contribution >= 0.6 is 0 Å². The molecule has 5 aromatic rings. The molecule has 0 radical (unpaired) electrons. The number of nitrogens with zero attached hydrogens (tertiary/aromatic N) is 6. The Morgan fingerprint density at radius 2 is 1.83 bits per heavy atom. The molecule has 1 N–H and O–H groups in total. The van der Waals surface area contributed by atoms with Crippen LogP contribution in [0.25, 0.3) is 28.1 Å². The molecule has 0 spiro atoms. The second-order valence-electron chi connectivity index (χ2n) is 7.50. The lowest BCUT2D eigenvalue weighted by Crippen LogP contribution is -2.24. The first kappa shape index (κ1) is 18.2. The molecule has 0 unspecified atom stereocenters. The molecule has 0 atom stereocenters. The van der Waals surface area contributed by atoms with Gasteiger partial charge in [0.1, 0.15) is 17.4 Å². The van der Waals surface area contributed by atoms with E-state index in [4.69, 9.17) is 4.52 Å². The van der Waals surface area contributed by atoms with Crippen molar-refractivity contribution < 1.29 is 9.63 Å². The summed E-state index contributed by atoms with van der Waals surface area (Å²) >= 11 is 0. The van der Waals surface area contributed by atoms with Gasteiger partial charge in [0, 0.05) is 6.20 Å². The molecular weight excluding hydrogens is 384 g/mol. The van der Waals surface area contributed by atoms with E-state index in [-0.39, 0.29) is 23.0 Å². The van der Waals surface area contributed by atoms with Crippen LogP contribution in [-0.2, 0) is 12.1 Å². The standard InChI is InChI=1S/C21H18N6O3/c1-21(2,29)20-24-18(30-25-20)16-17-19(28)26(11-13-7-5-6-10-22-13)14-8-3-4-9-15(14)27(17)12-23-16/h3-10,12,29H,11H2,1-2H3. The Morgan fingerprint density at radius 1 is 1.07 bits per heavy atom. The highest BCUT2D eigenvalue weighted by Gasteiger charge is 2.26. The molecule has 150 valence electrons. The molecule has 0 amide bonds. The van der Waals surface area contributed by atoms with Crippen LogP contribution < -0.4 is 5.56 Å². The second kappa shape index (κ2) is 6.60. The third kappa shape index (κ3) is 2.87. The first-order valence-electron chi connectivity index (χ1n) is 9.39. The van der Waals surface area contributed by atoms with Crippen LogP contribution in [0, 0.1) is 0 Å².